The molecular formula is C19H24N6O. The van der Waals surface area contributed by atoms with Crippen LogP contribution in [0.2, 0.25) is 0 Å². The van der Waals surface area contributed by atoms with Crippen LogP contribution in [0.25, 0.3) is 0 Å². The first-order valence-electron chi connectivity index (χ1n) is 8.86. The third-order valence-electron chi connectivity index (χ3n) is 4.92. The monoisotopic (exact) mass is 352 g/mol. The summed E-state index contributed by atoms with van der Waals surface area (Å²) in [4.78, 5) is 11.1. The molecule has 0 saturated heterocycles. The second-order valence-corrected chi connectivity index (χ2v) is 6.90. The van der Waals surface area contributed by atoms with Crippen molar-refractivity contribution < 1.29 is 4.74 Å². The van der Waals surface area contributed by atoms with Crippen molar-refractivity contribution in [2.75, 3.05) is 6.61 Å². The molecule has 0 bridgehead atoms. The van der Waals surface area contributed by atoms with E-state index in [1.807, 2.05) is 36.4 Å². The van der Waals surface area contributed by atoms with E-state index in [2.05, 4.69) is 37.8 Å². The van der Waals surface area contributed by atoms with Crippen LogP contribution in [0.5, 0.6) is 0 Å². The fourth-order valence-electron chi connectivity index (χ4n) is 3.50. The molecule has 1 unspecified atom stereocenters. The first kappa shape index (κ1) is 16.9. The van der Waals surface area contributed by atoms with E-state index in [0.717, 1.165) is 25.1 Å². The van der Waals surface area contributed by atoms with Gasteiger partial charge in [-0.1, -0.05) is 0 Å². The Balaban J connectivity index is 1.46. The molecule has 1 aliphatic heterocycles. The van der Waals surface area contributed by atoms with Crippen molar-refractivity contribution >= 4 is 0 Å². The quantitative estimate of drug-likeness (QED) is 0.676. The van der Waals surface area contributed by atoms with Crippen molar-refractivity contribution in [3.63, 3.8) is 0 Å². The van der Waals surface area contributed by atoms with E-state index < -0.39 is 0 Å². The van der Waals surface area contributed by atoms with Crippen molar-refractivity contribution in [2.45, 2.75) is 32.2 Å². The third-order valence-corrected chi connectivity index (χ3v) is 4.92. The Bertz CT molecular complexity index is 856. The zero-order valence-corrected chi connectivity index (χ0v) is 15.2. The van der Waals surface area contributed by atoms with Crippen LogP contribution in [-0.2, 0) is 44.9 Å². The number of aryl methyl sites for hydroxylation is 2. The van der Waals surface area contributed by atoms with Crippen LogP contribution in [0.4, 0.5) is 0 Å². The molecule has 26 heavy (non-hydrogen) atoms. The fourth-order valence-corrected chi connectivity index (χ4v) is 3.50. The van der Waals surface area contributed by atoms with Gasteiger partial charge in [-0.3, -0.25) is 14.6 Å². The van der Waals surface area contributed by atoms with Gasteiger partial charge >= 0.3 is 0 Å². The van der Waals surface area contributed by atoms with Crippen molar-refractivity contribution in [1.82, 2.24) is 29.2 Å². The summed E-state index contributed by atoms with van der Waals surface area (Å²) >= 11 is 0. The highest BCUT2D eigenvalue weighted by Gasteiger charge is 2.29. The SMILES string of the molecule is Cn1cc(CN2Cc3ncn(C)c3CC2COCc2ccncc2)cn1. The molecule has 0 saturated carbocycles. The highest BCUT2D eigenvalue weighted by molar-refractivity contribution is 5.19. The molecule has 3 aromatic rings. The lowest BCUT2D eigenvalue weighted by Gasteiger charge is -2.35. The number of hydrogen-bond acceptors (Lipinski definition) is 5. The standard InChI is InChI=1S/C19H24N6O/c1-23-14-21-18-11-25(10-16-8-22-24(2)9-16)17(7-19(18)23)13-26-12-15-3-5-20-6-4-15/h3-6,8-9,14,17H,7,10-13H2,1-2H3. The molecule has 0 amide bonds. The van der Waals surface area contributed by atoms with Gasteiger partial charge in [-0.2, -0.15) is 5.10 Å². The first-order valence-corrected chi connectivity index (χ1v) is 8.86. The number of ether oxygens (including phenoxy) is 1. The molecule has 136 valence electrons. The number of nitrogens with zero attached hydrogens (tertiary/aromatic N) is 6. The Morgan fingerprint density at radius 3 is 2.81 bits per heavy atom. The number of imidazole rings is 1. The number of rotatable bonds is 6. The van der Waals surface area contributed by atoms with Gasteiger partial charge in [0.2, 0.25) is 0 Å². The van der Waals surface area contributed by atoms with Crippen molar-refractivity contribution in [2.24, 2.45) is 14.1 Å². The van der Waals surface area contributed by atoms with Gasteiger partial charge in [0.15, 0.2) is 0 Å². The lowest BCUT2D eigenvalue weighted by atomic mass is 10.0. The molecule has 4 heterocycles. The number of aromatic nitrogens is 5. The Kier molecular flexibility index (Phi) is 4.81. The molecule has 4 rings (SSSR count). The highest BCUT2D eigenvalue weighted by Crippen LogP contribution is 2.24. The predicted octanol–water partition coefficient (Wildman–Crippen LogP) is 1.69. The van der Waals surface area contributed by atoms with Crippen molar-refractivity contribution in [1.29, 1.82) is 0 Å². The molecule has 7 heteroatoms. The fraction of sp³-hybridized carbons (Fsp3) is 0.421. The zero-order valence-electron chi connectivity index (χ0n) is 15.2. The molecule has 0 aliphatic carbocycles. The Morgan fingerprint density at radius 1 is 1.19 bits per heavy atom. The van der Waals surface area contributed by atoms with Crippen molar-refractivity contribution in [3.05, 3.63) is 65.8 Å². The smallest absolute Gasteiger partial charge is 0.0949 e. The number of pyridine rings is 1. The van der Waals surface area contributed by atoms with E-state index in [0.29, 0.717) is 19.3 Å². The Hall–Kier alpha value is -2.51. The number of fused-ring (bicyclic) bond motifs is 1. The van der Waals surface area contributed by atoms with E-state index in [1.165, 1.54) is 17.0 Å². The van der Waals surface area contributed by atoms with Gasteiger partial charge in [0.05, 0.1) is 31.4 Å². The van der Waals surface area contributed by atoms with Crippen LogP contribution in [-0.4, -0.2) is 41.9 Å². The summed E-state index contributed by atoms with van der Waals surface area (Å²) in [5, 5.41) is 4.29. The lowest BCUT2D eigenvalue weighted by Crippen LogP contribution is -2.43. The summed E-state index contributed by atoms with van der Waals surface area (Å²) in [5.41, 5.74) is 4.84. The molecule has 1 atom stereocenters. The molecule has 7 nitrogen and oxygen atoms in total. The van der Waals surface area contributed by atoms with E-state index in [9.17, 15) is 0 Å². The molecule has 0 radical (unpaired) electrons. The minimum absolute atomic E-state index is 0.319. The second kappa shape index (κ2) is 7.39. The normalized spacial score (nSPS) is 17.4. The average Bonchev–Trinajstić information content (AvgIpc) is 3.22. The summed E-state index contributed by atoms with van der Waals surface area (Å²) < 4.78 is 10.0. The van der Waals surface area contributed by atoms with Gasteiger partial charge in [-0.25, -0.2) is 4.98 Å². The van der Waals surface area contributed by atoms with Crippen LogP contribution in [0.15, 0.2) is 43.2 Å². The maximum absolute atomic E-state index is 6.04. The van der Waals surface area contributed by atoms with Crippen LogP contribution >= 0.6 is 0 Å². The van der Waals surface area contributed by atoms with Crippen LogP contribution in [0.3, 0.4) is 0 Å². The minimum atomic E-state index is 0.319. The van der Waals surface area contributed by atoms with Gasteiger partial charge in [0.1, 0.15) is 0 Å². The summed E-state index contributed by atoms with van der Waals surface area (Å²) in [6.45, 7) is 2.99. The van der Waals surface area contributed by atoms with E-state index in [4.69, 9.17) is 4.74 Å². The molecule has 3 aromatic heterocycles. The maximum atomic E-state index is 6.04. The molecule has 1 aliphatic rings. The molecule has 0 N–H and O–H groups in total. The van der Waals surface area contributed by atoms with E-state index in [1.54, 1.807) is 12.4 Å². The van der Waals surface area contributed by atoms with Gasteiger partial charge in [0, 0.05) is 69.5 Å². The van der Waals surface area contributed by atoms with Gasteiger partial charge in [-0.15, -0.1) is 0 Å². The molecule has 0 spiro atoms. The predicted molar refractivity (Wildman–Crippen MR) is 97.0 cm³/mol. The number of hydrogen-bond donors (Lipinski definition) is 0. The zero-order chi connectivity index (χ0) is 17.9. The topological polar surface area (TPSA) is 61.0 Å². The third kappa shape index (κ3) is 3.68. The van der Waals surface area contributed by atoms with Crippen LogP contribution < -0.4 is 0 Å². The van der Waals surface area contributed by atoms with E-state index in [-0.39, 0.29) is 0 Å². The summed E-state index contributed by atoms with van der Waals surface area (Å²) in [6.07, 6.45) is 10.5. The maximum Gasteiger partial charge on any atom is 0.0949 e. The van der Waals surface area contributed by atoms with Crippen LogP contribution in [0, 0.1) is 0 Å². The second-order valence-electron chi connectivity index (χ2n) is 6.90. The summed E-state index contributed by atoms with van der Waals surface area (Å²) in [6, 6.07) is 4.31. The Labute approximate surface area is 153 Å². The van der Waals surface area contributed by atoms with Gasteiger partial charge in [0.25, 0.3) is 0 Å². The molecule has 0 fully saturated rings. The molecular weight excluding hydrogens is 328 g/mol. The van der Waals surface area contributed by atoms with Gasteiger partial charge < -0.3 is 9.30 Å². The average molecular weight is 352 g/mol. The Morgan fingerprint density at radius 2 is 2.04 bits per heavy atom. The largest absolute Gasteiger partial charge is 0.375 e. The van der Waals surface area contributed by atoms with Gasteiger partial charge in [-0.05, 0) is 17.7 Å². The molecule has 0 aromatic carbocycles. The van der Waals surface area contributed by atoms with Crippen LogP contribution in [0.1, 0.15) is 22.5 Å². The lowest BCUT2D eigenvalue weighted by molar-refractivity contribution is 0.0360. The minimum Gasteiger partial charge on any atom is -0.375 e. The summed E-state index contributed by atoms with van der Waals surface area (Å²) in [5.74, 6) is 0. The van der Waals surface area contributed by atoms with E-state index >= 15 is 0 Å². The first-order chi connectivity index (χ1) is 12.7. The van der Waals surface area contributed by atoms with Crippen molar-refractivity contribution in [3.8, 4) is 0 Å². The summed E-state index contributed by atoms with van der Waals surface area (Å²) in [7, 11) is 4.02. The highest BCUT2D eigenvalue weighted by atomic mass is 16.5.